The van der Waals surface area contributed by atoms with Crippen LogP contribution in [0.2, 0.25) is 0 Å². The van der Waals surface area contributed by atoms with Gasteiger partial charge in [-0.25, -0.2) is 0 Å². The molecule has 1 spiro atoms. The number of ether oxygens (including phenoxy) is 1. The molecule has 0 aromatic carbocycles. The lowest BCUT2D eigenvalue weighted by Crippen LogP contribution is -2.41. The lowest BCUT2D eigenvalue weighted by atomic mass is 9.87. The number of aliphatic imine (C=N–C) groups is 1. The van der Waals surface area contributed by atoms with Crippen molar-refractivity contribution in [3.63, 3.8) is 0 Å². The van der Waals surface area contributed by atoms with Crippen LogP contribution in [0.5, 0.6) is 0 Å². The van der Waals surface area contributed by atoms with Crippen molar-refractivity contribution in [1.29, 1.82) is 0 Å². The van der Waals surface area contributed by atoms with Gasteiger partial charge in [-0.1, -0.05) is 0 Å². The maximum atomic E-state index is 5.61. The number of unbranched alkanes of at least 4 members (excludes halogenated alkanes) is 1. The van der Waals surface area contributed by atoms with Gasteiger partial charge in [0.2, 0.25) is 0 Å². The van der Waals surface area contributed by atoms with Gasteiger partial charge in [0.1, 0.15) is 0 Å². The number of nitrogens with one attached hydrogen (secondary N) is 1. The van der Waals surface area contributed by atoms with Crippen LogP contribution in [0.4, 0.5) is 0 Å². The molecule has 0 bridgehead atoms. The molecular weight excluding hydrogens is 270 g/mol. The molecule has 0 saturated carbocycles. The summed E-state index contributed by atoms with van der Waals surface area (Å²) in [4.78, 5) is 7.24. The molecule has 1 atom stereocenters. The Morgan fingerprint density at radius 1 is 1.40 bits per heavy atom. The number of hydrogen-bond acceptors (Lipinski definition) is 3. The molecule has 0 aromatic heterocycles. The zero-order valence-corrected chi connectivity index (χ0v) is 13.8. The molecule has 0 aromatic rings. The van der Waals surface area contributed by atoms with E-state index in [9.17, 15) is 0 Å². The summed E-state index contributed by atoms with van der Waals surface area (Å²) >= 11 is 1.92. The van der Waals surface area contributed by atoms with Crippen molar-refractivity contribution in [2.45, 2.75) is 32.6 Å². The standard InChI is InChI=1S/C15H29N3OS/c1-3-16-14(17-8-4-5-11-20-2)18-9-6-15(12-18)7-10-19-13-15/h3-13H2,1-2H3,(H,16,17). The van der Waals surface area contributed by atoms with E-state index >= 15 is 0 Å². The molecule has 0 amide bonds. The van der Waals surface area contributed by atoms with Crippen molar-refractivity contribution in [3.05, 3.63) is 0 Å². The van der Waals surface area contributed by atoms with Crippen molar-refractivity contribution >= 4 is 17.7 Å². The predicted octanol–water partition coefficient (Wildman–Crippen LogP) is 2.21. The summed E-state index contributed by atoms with van der Waals surface area (Å²) in [5, 5.41) is 3.45. The summed E-state index contributed by atoms with van der Waals surface area (Å²) in [6.45, 7) is 8.16. The van der Waals surface area contributed by atoms with Crippen molar-refractivity contribution in [2.75, 3.05) is 51.4 Å². The zero-order valence-electron chi connectivity index (χ0n) is 13.0. The Labute approximate surface area is 127 Å². The van der Waals surface area contributed by atoms with E-state index in [0.29, 0.717) is 5.41 Å². The van der Waals surface area contributed by atoms with Crippen LogP contribution < -0.4 is 5.32 Å². The van der Waals surface area contributed by atoms with Gasteiger partial charge < -0.3 is 15.0 Å². The number of likely N-dealkylation sites (tertiary alicyclic amines) is 1. The number of hydrogen-bond donors (Lipinski definition) is 1. The van der Waals surface area contributed by atoms with E-state index in [1.807, 2.05) is 11.8 Å². The highest BCUT2D eigenvalue weighted by Crippen LogP contribution is 2.38. The van der Waals surface area contributed by atoms with Gasteiger partial charge in [-0.2, -0.15) is 11.8 Å². The lowest BCUT2D eigenvalue weighted by molar-refractivity contribution is 0.156. The second kappa shape index (κ2) is 8.13. The first kappa shape index (κ1) is 16.0. The molecule has 0 aliphatic carbocycles. The van der Waals surface area contributed by atoms with Gasteiger partial charge in [-0.15, -0.1) is 0 Å². The number of thioether (sulfide) groups is 1. The third-order valence-corrected chi connectivity index (χ3v) is 4.97. The topological polar surface area (TPSA) is 36.9 Å². The molecule has 0 radical (unpaired) electrons. The third kappa shape index (κ3) is 4.29. The van der Waals surface area contributed by atoms with Crippen molar-refractivity contribution in [2.24, 2.45) is 10.4 Å². The fourth-order valence-electron chi connectivity index (χ4n) is 3.06. The molecule has 2 saturated heterocycles. The van der Waals surface area contributed by atoms with Crippen molar-refractivity contribution < 1.29 is 4.74 Å². The Morgan fingerprint density at radius 3 is 3.00 bits per heavy atom. The Morgan fingerprint density at radius 2 is 2.30 bits per heavy atom. The van der Waals surface area contributed by atoms with Crippen LogP contribution in [-0.4, -0.2) is 62.3 Å². The number of guanidine groups is 1. The van der Waals surface area contributed by atoms with Gasteiger partial charge >= 0.3 is 0 Å². The van der Waals surface area contributed by atoms with Crippen LogP contribution >= 0.6 is 11.8 Å². The first-order valence-electron chi connectivity index (χ1n) is 7.90. The fourth-order valence-corrected chi connectivity index (χ4v) is 3.55. The van der Waals surface area contributed by atoms with E-state index in [1.165, 1.54) is 31.4 Å². The molecule has 2 aliphatic heterocycles. The minimum Gasteiger partial charge on any atom is -0.381 e. The molecule has 2 heterocycles. The van der Waals surface area contributed by atoms with E-state index in [4.69, 9.17) is 9.73 Å². The summed E-state index contributed by atoms with van der Waals surface area (Å²) in [5.74, 6) is 2.36. The van der Waals surface area contributed by atoms with Crippen LogP contribution in [0.15, 0.2) is 4.99 Å². The van der Waals surface area contributed by atoms with Crippen LogP contribution in [0.1, 0.15) is 32.6 Å². The fraction of sp³-hybridized carbons (Fsp3) is 0.933. The first-order valence-corrected chi connectivity index (χ1v) is 9.29. The SMILES string of the molecule is CCNC(=NCCCCSC)N1CCC2(CCOC2)C1. The monoisotopic (exact) mass is 299 g/mol. The van der Waals surface area contributed by atoms with E-state index in [2.05, 4.69) is 23.4 Å². The lowest BCUT2D eigenvalue weighted by Gasteiger charge is -2.25. The molecule has 5 heteroatoms. The molecule has 1 unspecified atom stereocenters. The largest absolute Gasteiger partial charge is 0.381 e. The maximum absolute atomic E-state index is 5.61. The summed E-state index contributed by atoms with van der Waals surface area (Å²) in [6, 6.07) is 0. The Hall–Kier alpha value is -0.420. The average Bonchev–Trinajstić information content (AvgIpc) is 3.08. The van der Waals surface area contributed by atoms with E-state index < -0.39 is 0 Å². The zero-order chi connectivity index (χ0) is 14.3. The molecule has 1 N–H and O–H groups in total. The van der Waals surface area contributed by atoms with Gasteiger partial charge in [0.15, 0.2) is 5.96 Å². The van der Waals surface area contributed by atoms with Crippen molar-refractivity contribution in [1.82, 2.24) is 10.2 Å². The first-order chi connectivity index (χ1) is 9.79. The van der Waals surface area contributed by atoms with Gasteiger partial charge in [0.05, 0.1) is 6.61 Å². The van der Waals surface area contributed by atoms with Gasteiger partial charge in [-0.3, -0.25) is 4.99 Å². The molecule has 2 fully saturated rings. The Balaban J connectivity index is 1.83. The number of nitrogens with zero attached hydrogens (tertiary/aromatic N) is 2. The van der Waals surface area contributed by atoms with E-state index in [0.717, 1.165) is 45.4 Å². The molecule has 20 heavy (non-hydrogen) atoms. The van der Waals surface area contributed by atoms with Crippen LogP contribution in [0.3, 0.4) is 0 Å². The quantitative estimate of drug-likeness (QED) is 0.463. The second-order valence-corrected chi connectivity index (χ2v) is 6.90. The minimum absolute atomic E-state index is 0.412. The molecule has 2 aliphatic rings. The van der Waals surface area contributed by atoms with Crippen molar-refractivity contribution in [3.8, 4) is 0 Å². The number of rotatable bonds is 6. The highest BCUT2D eigenvalue weighted by atomic mass is 32.2. The molecular formula is C15H29N3OS. The smallest absolute Gasteiger partial charge is 0.193 e. The highest BCUT2D eigenvalue weighted by Gasteiger charge is 2.42. The summed E-state index contributed by atoms with van der Waals surface area (Å²) in [7, 11) is 0. The molecule has 2 rings (SSSR count). The van der Waals surface area contributed by atoms with E-state index in [1.54, 1.807) is 0 Å². The molecule has 4 nitrogen and oxygen atoms in total. The average molecular weight is 299 g/mol. The maximum Gasteiger partial charge on any atom is 0.193 e. The second-order valence-electron chi connectivity index (χ2n) is 5.91. The van der Waals surface area contributed by atoms with Crippen LogP contribution in [0.25, 0.3) is 0 Å². The van der Waals surface area contributed by atoms with Gasteiger partial charge in [-0.05, 0) is 44.6 Å². The van der Waals surface area contributed by atoms with Crippen LogP contribution in [-0.2, 0) is 4.74 Å². The minimum atomic E-state index is 0.412. The van der Waals surface area contributed by atoms with E-state index in [-0.39, 0.29) is 0 Å². The predicted molar refractivity (Wildman–Crippen MR) is 87.7 cm³/mol. The molecule has 116 valence electrons. The highest BCUT2D eigenvalue weighted by molar-refractivity contribution is 7.98. The van der Waals surface area contributed by atoms with Gasteiger partial charge in [0.25, 0.3) is 0 Å². The van der Waals surface area contributed by atoms with Crippen LogP contribution in [0, 0.1) is 5.41 Å². The normalized spacial score (nSPS) is 26.7. The van der Waals surface area contributed by atoms with Gasteiger partial charge in [0, 0.05) is 38.2 Å². The summed E-state index contributed by atoms with van der Waals surface area (Å²) in [5.41, 5.74) is 0.412. The third-order valence-electron chi connectivity index (χ3n) is 4.28. The Bertz CT molecular complexity index is 316. The Kier molecular flexibility index (Phi) is 6.49. The summed E-state index contributed by atoms with van der Waals surface area (Å²) < 4.78 is 5.61. The summed E-state index contributed by atoms with van der Waals surface area (Å²) in [6.07, 6.45) is 7.10.